The van der Waals surface area contributed by atoms with Crippen LogP contribution in [0.1, 0.15) is 16.7 Å². The third-order valence-corrected chi connectivity index (χ3v) is 3.79. The molecule has 0 N–H and O–H groups in total. The molecular weight excluding hydrogens is 284 g/mol. The molecule has 0 fully saturated rings. The Morgan fingerprint density at radius 2 is 1.83 bits per heavy atom. The van der Waals surface area contributed by atoms with Crippen molar-refractivity contribution in [1.29, 1.82) is 5.26 Å². The van der Waals surface area contributed by atoms with Crippen LogP contribution in [-0.2, 0) is 6.61 Å². The molecule has 1 aromatic heterocycles. The van der Waals surface area contributed by atoms with Crippen LogP contribution < -0.4 is 4.74 Å². The molecule has 0 saturated carbocycles. The van der Waals surface area contributed by atoms with Crippen molar-refractivity contribution in [2.75, 3.05) is 0 Å². The van der Waals surface area contributed by atoms with Gasteiger partial charge in [0.25, 0.3) is 0 Å². The van der Waals surface area contributed by atoms with Gasteiger partial charge in [0, 0.05) is 6.20 Å². The number of benzene rings is 2. The molecule has 0 atom stereocenters. The maximum Gasteiger partial charge on any atom is 0.231 e. The fraction of sp³-hybridized carbons (Fsp3) is 0.100. The number of hydrogen-bond donors (Lipinski definition) is 0. The van der Waals surface area contributed by atoms with Gasteiger partial charge in [-0.05, 0) is 41.3 Å². The van der Waals surface area contributed by atoms with Crippen molar-refractivity contribution in [3.05, 3.63) is 83.6 Å². The Kier molecular flexibility index (Phi) is 4.35. The van der Waals surface area contributed by atoms with Gasteiger partial charge in [-0.1, -0.05) is 48.5 Å². The molecule has 0 aliphatic rings. The van der Waals surface area contributed by atoms with Crippen LogP contribution in [0.3, 0.4) is 0 Å². The summed E-state index contributed by atoms with van der Waals surface area (Å²) >= 11 is 0. The molecule has 0 aliphatic carbocycles. The quantitative estimate of drug-likeness (QED) is 0.712. The predicted molar refractivity (Wildman–Crippen MR) is 89.9 cm³/mol. The smallest absolute Gasteiger partial charge is 0.231 e. The number of aromatic nitrogens is 1. The highest BCUT2D eigenvalue weighted by Gasteiger charge is 2.08. The fourth-order valence-corrected chi connectivity index (χ4v) is 2.51. The van der Waals surface area contributed by atoms with Crippen molar-refractivity contribution in [2.45, 2.75) is 13.5 Å². The van der Waals surface area contributed by atoms with Gasteiger partial charge in [0.1, 0.15) is 18.2 Å². The summed E-state index contributed by atoms with van der Waals surface area (Å²) in [6.45, 7) is 2.48. The second kappa shape index (κ2) is 6.76. The van der Waals surface area contributed by atoms with E-state index in [4.69, 9.17) is 10.00 Å². The molecule has 3 aromatic rings. The lowest BCUT2D eigenvalue weighted by molar-refractivity contribution is 0.292. The van der Waals surface area contributed by atoms with Gasteiger partial charge < -0.3 is 4.74 Å². The second-order valence-corrected chi connectivity index (χ2v) is 5.21. The SMILES string of the molecule is Cc1c(COc2ncccc2C#N)cccc1-c1ccccc1. The summed E-state index contributed by atoms with van der Waals surface area (Å²) in [5.41, 5.74) is 5.08. The Bertz CT molecular complexity index is 851. The van der Waals surface area contributed by atoms with Crippen LogP contribution in [0.15, 0.2) is 66.9 Å². The van der Waals surface area contributed by atoms with Crippen molar-refractivity contribution >= 4 is 0 Å². The zero-order valence-corrected chi connectivity index (χ0v) is 12.9. The third kappa shape index (κ3) is 3.22. The molecule has 2 aromatic carbocycles. The van der Waals surface area contributed by atoms with Gasteiger partial charge in [0.05, 0.1) is 0 Å². The molecule has 0 aliphatic heterocycles. The van der Waals surface area contributed by atoms with Crippen LogP contribution >= 0.6 is 0 Å². The molecule has 0 unspecified atom stereocenters. The molecule has 1 heterocycles. The fourth-order valence-electron chi connectivity index (χ4n) is 2.51. The average molecular weight is 300 g/mol. The Labute approximate surface area is 135 Å². The largest absolute Gasteiger partial charge is 0.472 e. The summed E-state index contributed by atoms with van der Waals surface area (Å²) in [4.78, 5) is 4.13. The number of ether oxygens (including phenoxy) is 1. The minimum atomic E-state index is 0.375. The standard InChI is InChI=1S/C20H16N2O/c1-15-18(14-23-20-17(13-21)10-6-12-22-20)9-5-11-19(15)16-7-3-2-4-8-16/h2-12H,14H2,1H3. The van der Waals surface area contributed by atoms with E-state index in [0.29, 0.717) is 18.1 Å². The highest BCUT2D eigenvalue weighted by molar-refractivity contribution is 5.68. The van der Waals surface area contributed by atoms with E-state index >= 15 is 0 Å². The molecule has 112 valence electrons. The Balaban J connectivity index is 1.86. The van der Waals surface area contributed by atoms with Gasteiger partial charge >= 0.3 is 0 Å². The summed E-state index contributed by atoms with van der Waals surface area (Å²) in [6, 6.07) is 22.0. The summed E-state index contributed by atoms with van der Waals surface area (Å²) in [7, 11) is 0. The van der Waals surface area contributed by atoms with E-state index in [0.717, 1.165) is 5.56 Å². The van der Waals surface area contributed by atoms with E-state index in [9.17, 15) is 0 Å². The Morgan fingerprint density at radius 3 is 2.61 bits per heavy atom. The third-order valence-electron chi connectivity index (χ3n) is 3.79. The first-order valence-corrected chi connectivity index (χ1v) is 7.41. The molecule has 3 heteroatoms. The first-order valence-electron chi connectivity index (χ1n) is 7.41. The van der Waals surface area contributed by atoms with Crippen LogP contribution in [0.25, 0.3) is 11.1 Å². The van der Waals surface area contributed by atoms with Gasteiger partial charge in [-0.25, -0.2) is 4.98 Å². The summed E-state index contributed by atoms with van der Waals surface area (Å²) in [5.74, 6) is 0.375. The number of rotatable bonds is 4. The number of pyridine rings is 1. The van der Waals surface area contributed by atoms with Crippen LogP contribution in [-0.4, -0.2) is 4.98 Å². The molecule has 0 bridgehead atoms. The monoisotopic (exact) mass is 300 g/mol. The molecule has 3 rings (SSSR count). The maximum absolute atomic E-state index is 9.09. The topological polar surface area (TPSA) is 45.9 Å². The first-order chi connectivity index (χ1) is 11.3. The van der Waals surface area contributed by atoms with E-state index in [-0.39, 0.29) is 0 Å². The lowest BCUT2D eigenvalue weighted by Crippen LogP contribution is -2.01. The van der Waals surface area contributed by atoms with Crippen LogP contribution in [0.5, 0.6) is 5.88 Å². The maximum atomic E-state index is 9.09. The zero-order valence-electron chi connectivity index (χ0n) is 12.9. The van der Waals surface area contributed by atoms with Gasteiger partial charge in [-0.3, -0.25) is 0 Å². The number of nitriles is 1. The lowest BCUT2D eigenvalue weighted by atomic mass is 9.97. The summed E-state index contributed by atoms with van der Waals surface area (Å²) in [5, 5.41) is 9.09. The van der Waals surface area contributed by atoms with Gasteiger partial charge in [-0.2, -0.15) is 5.26 Å². The average Bonchev–Trinajstić information content (AvgIpc) is 2.62. The normalized spacial score (nSPS) is 10.1. The summed E-state index contributed by atoms with van der Waals surface area (Å²) in [6.07, 6.45) is 1.63. The molecule has 3 nitrogen and oxygen atoms in total. The molecular formula is C20H16N2O. The van der Waals surface area contributed by atoms with Crippen molar-refractivity contribution in [3.63, 3.8) is 0 Å². The van der Waals surface area contributed by atoms with Crippen LogP contribution in [0.4, 0.5) is 0 Å². The summed E-state index contributed by atoms with van der Waals surface area (Å²) < 4.78 is 5.75. The first kappa shape index (κ1) is 14.8. The Hall–Kier alpha value is -3.12. The highest BCUT2D eigenvalue weighted by atomic mass is 16.5. The van der Waals surface area contributed by atoms with Crippen molar-refractivity contribution < 1.29 is 4.74 Å². The van der Waals surface area contributed by atoms with Gasteiger partial charge in [0.15, 0.2) is 0 Å². The van der Waals surface area contributed by atoms with E-state index in [1.54, 1.807) is 18.3 Å². The number of nitrogens with zero attached hydrogens (tertiary/aromatic N) is 2. The lowest BCUT2D eigenvalue weighted by Gasteiger charge is -2.12. The minimum Gasteiger partial charge on any atom is -0.472 e. The van der Waals surface area contributed by atoms with E-state index in [1.807, 2.05) is 30.3 Å². The molecule has 0 spiro atoms. The van der Waals surface area contributed by atoms with Crippen LogP contribution in [0, 0.1) is 18.3 Å². The van der Waals surface area contributed by atoms with Crippen molar-refractivity contribution in [3.8, 4) is 23.1 Å². The molecule has 23 heavy (non-hydrogen) atoms. The second-order valence-electron chi connectivity index (χ2n) is 5.21. The number of hydrogen-bond acceptors (Lipinski definition) is 3. The van der Waals surface area contributed by atoms with Gasteiger partial charge in [-0.15, -0.1) is 0 Å². The predicted octanol–water partition coefficient (Wildman–Crippen LogP) is 4.51. The van der Waals surface area contributed by atoms with E-state index in [2.05, 4.69) is 36.2 Å². The van der Waals surface area contributed by atoms with Crippen molar-refractivity contribution in [2.24, 2.45) is 0 Å². The molecule has 0 saturated heterocycles. The zero-order chi connectivity index (χ0) is 16.1. The van der Waals surface area contributed by atoms with Gasteiger partial charge in [0.2, 0.25) is 5.88 Å². The highest BCUT2D eigenvalue weighted by Crippen LogP contribution is 2.26. The molecule has 0 radical (unpaired) electrons. The van der Waals surface area contributed by atoms with Crippen molar-refractivity contribution in [1.82, 2.24) is 4.98 Å². The van der Waals surface area contributed by atoms with E-state index in [1.165, 1.54) is 16.7 Å². The Morgan fingerprint density at radius 1 is 1.00 bits per heavy atom. The minimum absolute atomic E-state index is 0.375. The van der Waals surface area contributed by atoms with E-state index < -0.39 is 0 Å². The van der Waals surface area contributed by atoms with Crippen LogP contribution in [0.2, 0.25) is 0 Å². The molecule has 0 amide bonds.